The van der Waals surface area contributed by atoms with Crippen LogP contribution in [0.5, 0.6) is 0 Å². The van der Waals surface area contributed by atoms with Crippen LogP contribution < -0.4 is 9.80 Å². The molecule has 0 N–H and O–H groups in total. The molecule has 2 heterocycles. The van der Waals surface area contributed by atoms with Crippen molar-refractivity contribution in [3.63, 3.8) is 0 Å². The van der Waals surface area contributed by atoms with E-state index in [0.717, 1.165) is 144 Å². The van der Waals surface area contributed by atoms with Crippen LogP contribution in [0.2, 0.25) is 0 Å². The number of para-hydroxylation sites is 2. The molecule has 15 rings (SSSR count). The highest BCUT2D eigenvalue weighted by atomic mass is 16.3. The van der Waals surface area contributed by atoms with Gasteiger partial charge in [-0.25, -0.2) is 0 Å². The van der Waals surface area contributed by atoms with E-state index in [4.69, 9.17) is 8.83 Å². The van der Waals surface area contributed by atoms with E-state index in [1.54, 1.807) is 0 Å². The molecule has 13 aromatic carbocycles. The minimum absolute atomic E-state index is 0.826. The van der Waals surface area contributed by atoms with Gasteiger partial charge >= 0.3 is 0 Å². The third-order valence-electron chi connectivity index (χ3n) is 15.4. The average molecular weight is 997 g/mol. The van der Waals surface area contributed by atoms with Crippen molar-refractivity contribution in [1.29, 1.82) is 0 Å². The predicted molar refractivity (Wildman–Crippen MR) is 327 cm³/mol. The van der Waals surface area contributed by atoms with E-state index in [0.29, 0.717) is 0 Å². The summed E-state index contributed by atoms with van der Waals surface area (Å²) in [6.45, 7) is 0. The van der Waals surface area contributed by atoms with Crippen LogP contribution in [0.1, 0.15) is 0 Å². The van der Waals surface area contributed by atoms with Crippen LogP contribution in [-0.2, 0) is 0 Å². The molecule has 0 bridgehead atoms. The first-order valence-corrected chi connectivity index (χ1v) is 26.6. The van der Waals surface area contributed by atoms with Gasteiger partial charge in [0.1, 0.15) is 22.3 Å². The maximum atomic E-state index is 6.71. The fourth-order valence-electron chi connectivity index (χ4n) is 11.8. The van der Waals surface area contributed by atoms with Gasteiger partial charge < -0.3 is 18.6 Å². The molecule has 78 heavy (non-hydrogen) atoms. The van der Waals surface area contributed by atoms with E-state index in [2.05, 4.69) is 289 Å². The first-order valence-electron chi connectivity index (χ1n) is 26.6. The molecular weight excluding hydrogens is 949 g/mol. The average Bonchev–Trinajstić information content (AvgIpc) is 4.24. The molecule has 366 valence electrons. The molecule has 4 nitrogen and oxygen atoms in total. The third kappa shape index (κ3) is 7.61. The summed E-state index contributed by atoms with van der Waals surface area (Å²) in [5, 5.41) is 8.52. The molecule has 0 saturated heterocycles. The molecule has 0 aliphatic carbocycles. The Morgan fingerprint density at radius 1 is 0.205 bits per heavy atom. The fraction of sp³-hybridized carbons (Fsp3) is 0. The standard InChI is InChI=1S/C74H48N2O2/c1-5-19-49(20-6-1)53-35-41-57(42-36-53)75(65-29-17-33-69-71(65)61-27-13-15-31-67(61)77-69)73-59-45-39-56(52-25-11-4-12-26-52)48-64(59)74(60-46-40-55(47-63(60)73)51-23-9-3-10-24-51)76(58-43-37-54(38-44-58)50-21-7-2-8-22-50)66-30-18-34-70-72(66)62-28-14-16-32-68(62)78-70/h1-48H. The summed E-state index contributed by atoms with van der Waals surface area (Å²) >= 11 is 0. The van der Waals surface area contributed by atoms with E-state index < -0.39 is 0 Å². The van der Waals surface area contributed by atoms with Crippen LogP contribution in [-0.4, -0.2) is 0 Å². The van der Waals surface area contributed by atoms with Crippen molar-refractivity contribution in [3.8, 4) is 44.5 Å². The van der Waals surface area contributed by atoms with Crippen molar-refractivity contribution in [2.24, 2.45) is 0 Å². The van der Waals surface area contributed by atoms with Crippen LogP contribution in [0.3, 0.4) is 0 Å². The summed E-state index contributed by atoms with van der Waals surface area (Å²) in [7, 11) is 0. The SMILES string of the molecule is c1ccc(-c2ccc(N(c3c4ccc(-c5ccccc5)cc4c(N(c4ccc(-c5ccccc5)cc4)c4cccc5oc6ccccc6c45)c4ccc(-c5ccccc5)cc34)c3cccc4oc5ccccc5c34)cc2)cc1. The van der Waals surface area contributed by atoms with Crippen molar-refractivity contribution in [2.45, 2.75) is 0 Å². The van der Waals surface area contributed by atoms with Crippen molar-refractivity contribution in [2.75, 3.05) is 9.80 Å². The topological polar surface area (TPSA) is 32.8 Å². The van der Waals surface area contributed by atoms with Gasteiger partial charge in [0.25, 0.3) is 0 Å². The van der Waals surface area contributed by atoms with Gasteiger partial charge in [-0.1, -0.05) is 218 Å². The molecule has 0 spiro atoms. The summed E-state index contributed by atoms with van der Waals surface area (Å²) in [6.07, 6.45) is 0. The van der Waals surface area contributed by atoms with Crippen LogP contribution in [0.4, 0.5) is 34.1 Å². The smallest absolute Gasteiger partial charge is 0.137 e. The molecule has 0 saturated carbocycles. The van der Waals surface area contributed by atoms with Crippen molar-refractivity contribution >= 4 is 99.5 Å². The van der Waals surface area contributed by atoms with E-state index in [-0.39, 0.29) is 0 Å². The largest absolute Gasteiger partial charge is 0.456 e. The summed E-state index contributed by atoms with van der Waals surface area (Å²) in [5.74, 6) is 0. The lowest BCUT2D eigenvalue weighted by molar-refractivity contribution is 0.668. The van der Waals surface area contributed by atoms with E-state index in [9.17, 15) is 0 Å². The number of fused-ring (bicyclic) bond motifs is 8. The lowest BCUT2D eigenvalue weighted by Gasteiger charge is -2.34. The minimum atomic E-state index is 0.826. The van der Waals surface area contributed by atoms with Gasteiger partial charge in [0, 0.05) is 43.7 Å². The molecular formula is C74H48N2O2. The molecule has 0 unspecified atom stereocenters. The third-order valence-corrected chi connectivity index (χ3v) is 15.4. The molecule has 0 amide bonds. The van der Waals surface area contributed by atoms with Crippen LogP contribution in [0, 0.1) is 0 Å². The van der Waals surface area contributed by atoms with Crippen LogP contribution in [0.25, 0.3) is 110 Å². The quantitative estimate of drug-likeness (QED) is 0.101. The molecule has 4 heteroatoms. The van der Waals surface area contributed by atoms with E-state index in [1.807, 2.05) is 12.1 Å². The van der Waals surface area contributed by atoms with Gasteiger partial charge in [0.15, 0.2) is 0 Å². The minimum Gasteiger partial charge on any atom is -0.456 e. The van der Waals surface area contributed by atoms with Crippen molar-refractivity contribution in [3.05, 3.63) is 291 Å². The molecule has 0 atom stereocenters. The number of hydrogen-bond donors (Lipinski definition) is 0. The highest BCUT2D eigenvalue weighted by Gasteiger charge is 2.30. The fourth-order valence-corrected chi connectivity index (χ4v) is 11.8. The molecule has 0 fully saturated rings. The van der Waals surface area contributed by atoms with Gasteiger partial charge in [0.05, 0.1) is 33.5 Å². The number of anilines is 6. The molecule has 0 aliphatic rings. The number of furan rings is 2. The highest BCUT2D eigenvalue weighted by Crippen LogP contribution is 2.55. The molecule has 2 aromatic heterocycles. The summed E-state index contributed by atoms with van der Waals surface area (Å²) < 4.78 is 13.4. The maximum Gasteiger partial charge on any atom is 0.137 e. The Hall–Kier alpha value is -10.4. The van der Waals surface area contributed by atoms with Crippen molar-refractivity contribution < 1.29 is 8.83 Å². The Morgan fingerprint density at radius 2 is 0.513 bits per heavy atom. The second-order valence-corrected chi connectivity index (χ2v) is 19.9. The van der Waals surface area contributed by atoms with Gasteiger partial charge in [-0.05, 0) is 117 Å². The number of benzene rings is 13. The molecule has 0 aliphatic heterocycles. The Kier molecular flexibility index (Phi) is 10.8. The predicted octanol–water partition coefficient (Wildman–Crippen LogP) is 21.4. The Morgan fingerprint density at radius 3 is 0.897 bits per heavy atom. The molecule has 15 aromatic rings. The monoisotopic (exact) mass is 996 g/mol. The summed E-state index contributed by atoms with van der Waals surface area (Å²) in [6, 6.07) is 105. The van der Waals surface area contributed by atoms with Crippen molar-refractivity contribution in [1.82, 2.24) is 0 Å². The Balaban J connectivity index is 1.11. The first-order chi connectivity index (χ1) is 38.7. The Bertz CT molecular complexity index is 4400. The van der Waals surface area contributed by atoms with Crippen LogP contribution in [0.15, 0.2) is 300 Å². The second-order valence-electron chi connectivity index (χ2n) is 19.9. The first kappa shape index (κ1) is 45.0. The maximum absolute atomic E-state index is 6.71. The van der Waals surface area contributed by atoms with Gasteiger partial charge in [-0.3, -0.25) is 0 Å². The Labute approximate surface area is 451 Å². The number of rotatable bonds is 10. The van der Waals surface area contributed by atoms with Crippen LogP contribution >= 0.6 is 0 Å². The lowest BCUT2D eigenvalue weighted by Crippen LogP contribution is -2.15. The lowest BCUT2D eigenvalue weighted by atomic mass is 9.90. The number of hydrogen-bond acceptors (Lipinski definition) is 4. The number of nitrogens with zero attached hydrogens (tertiary/aromatic N) is 2. The van der Waals surface area contributed by atoms with E-state index in [1.165, 1.54) is 0 Å². The second kappa shape index (κ2) is 18.7. The molecule has 0 radical (unpaired) electrons. The summed E-state index contributed by atoms with van der Waals surface area (Å²) in [4.78, 5) is 4.99. The normalized spacial score (nSPS) is 11.6. The zero-order valence-corrected chi connectivity index (χ0v) is 42.4. The highest BCUT2D eigenvalue weighted by molar-refractivity contribution is 6.27. The van der Waals surface area contributed by atoms with E-state index >= 15 is 0 Å². The zero-order valence-electron chi connectivity index (χ0n) is 42.4. The van der Waals surface area contributed by atoms with Gasteiger partial charge in [-0.2, -0.15) is 0 Å². The summed E-state index contributed by atoms with van der Waals surface area (Å²) in [5.41, 5.74) is 18.6. The van der Waals surface area contributed by atoms with Gasteiger partial charge in [-0.15, -0.1) is 0 Å². The van der Waals surface area contributed by atoms with Gasteiger partial charge in [0.2, 0.25) is 0 Å². The zero-order chi connectivity index (χ0) is 51.5.